The number of carbonyl (C=O) groups excluding carboxylic acids is 2. The van der Waals surface area contributed by atoms with E-state index in [1.165, 1.54) is 6.26 Å². The Hall–Kier alpha value is -1.98. The number of ether oxygens (including phenoxy) is 2. The van der Waals surface area contributed by atoms with Crippen LogP contribution in [0, 0.1) is 0 Å². The van der Waals surface area contributed by atoms with Crippen molar-refractivity contribution in [1.82, 2.24) is 0 Å². The zero-order chi connectivity index (χ0) is 15.9. The van der Waals surface area contributed by atoms with Crippen LogP contribution < -0.4 is 0 Å². The Morgan fingerprint density at radius 2 is 2.04 bits per heavy atom. The van der Waals surface area contributed by atoms with Gasteiger partial charge in [-0.2, -0.15) is 0 Å². The SMILES string of the molecule is O=C1C=CC2(C=C1)CC[C@]1(CC[C@@H](CC(=O)c3ccco3)O1)O2. The quantitative estimate of drug-likeness (QED) is 0.803. The van der Waals surface area contributed by atoms with Gasteiger partial charge in [0.25, 0.3) is 0 Å². The molecule has 0 amide bonds. The van der Waals surface area contributed by atoms with Crippen LogP contribution in [0.4, 0.5) is 0 Å². The van der Waals surface area contributed by atoms with Crippen LogP contribution in [0.25, 0.3) is 0 Å². The van der Waals surface area contributed by atoms with Crippen LogP contribution in [0.15, 0.2) is 47.1 Å². The monoisotopic (exact) mass is 314 g/mol. The summed E-state index contributed by atoms with van der Waals surface area (Å²) >= 11 is 0. The molecule has 2 fully saturated rings. The fourth-order valence-electron chi connectivity index (χ4n) is 3.58. The highest BCUT2D eigenvalue weighted by Crippen LogP contribution is 2.48. The van der Waals surface area contributed by atoms with E-state index >= 15 is 0 Å². The van der Waals surface area contributed by atoms with Gasteiger partial charge in [-0.1, -0.05) is 0 Å². The van der Waals surface area contributed by atoms with Crippen molar-refractivity contribution in [2.45, 2.75) is 49.6 Å². The van der Waals surface area contributed by atoms with Crippen molar-refractivity contribution in [1.29, 1.82) is 0 Å². The lowest BCUT2D eigenvalue weighted by molar-refractivity contribution is -0.222. The van der Waals surface area contributed by atoms with E-state index in [4.69, 9.17) is 13.9 Å². The van der Waals surface area contributed by atoms with Gasteiger partial charge < -0.3 is 13.9 Å². The van der Waals surface area contributed by atoms with Crippen LogP contribution in [0.5, 0.6) is 0 Å². The smallest absolute Gasteiger partial charge is 0.200 e. The average molecular weight is 314 g/mol. The number of carbonyl (C=O) groups is 2. The van der Waals surface area contributed by atoms with Crippen LogP contribution in [-0.4, -0.2) is 29.1 Å². The minimum atomic E-state index is -0.636. The number of hydrogen-bond donors (Lipinski definition) is 0. The summed E-state index contributed by atoms with van der Waals surface area (Å²) in [6, 6.07) is 3.37. The lowest BCUT2D eigenvalue weighted by Crippen LogP contribution is -2.34. The molecule has 3 heterocycles. The van der Waals surface area contributed by atoms with Crippen LogP contribution in [0.1, 0.15) is 42.7 Å². The van der Waals surface area contributed by atoms with E-state index in [9.17, 15) is 9.59 Å². The number of furan rings is 1. The predicted molar refractivity (Wildman–Crippen MR) is 80.8 cm³/mol. The van der Waals surface area contributed by atoms with Gasteiger partial charge in [0.2, 0.25) is 5.78 Å². The number of ketones is 2. The molecule has 2 atom stereocenters. The summed E-state index contributed by atoms with van der Waals surface area (Å²) in [6.45, 7) is 0. The van der Waals surface area contributed by atoms with Gasteiger partial charge in [0, 0.05) is 19.3 Å². The van der Waals surface area contributed by atoms with Crippen LogP contribution in [0.3, 0.4) is 0 Å². The predicted octanol–water partition coefficient (Wildman–Crippen LogP) is 2.97. The molecule has 120 valence electrons. The first-order chi connectivity index (χ1) is 11.1. The van der Waals surface area contributed by atoms with Crippen molar-refractivity contribution < 1.29 is 23.5 Å². The van der Waals surface area contributed by atoms with E-state index in [0.717, 1.165) is 25.7 Å². The summed E-state index contributed by atoms with van der Waals surface area (Å²) in [5.41, 5.74) is -0.534. The first-order valence-electron chi connectivity index (χ1n) is 7.95. The normalized spacial score (nSPS) is 31.5. The van der Waals surface area contributed by atoms with E-state index in [1.807, 2.05) is 12.2 Å². The Kier molecular flexibility index (Phi) is 3.36. The topological polar surface area (TPSA) is 65.7 Å². The molecule has 3 aliphatic rings. The maximum atomic E-state index is 12.1. The second-order valence-corrected chi connectivity index (χ2v) is 6.42. The summed E-state index contributed by atoms with van der Waals surface area (Å²) in [5.74, 6) is -0.333. The molecule has 0 unspecified atom stereocenters. The molecule has 0 bridgehead atoms. The molecule has 5 heteroatoms. The van der Waals surface area contributed by atoms with Crippen molar-refractivity contribution in [3.63, 3.8) is 0 Å². The average Bonchev–Trinajstić information content (AvgIpc) is 3.26. The van der Waals surface area contributed by atoms with Gasteiger partial charge in [-0.3, -0.25) is 9.59 Å². The van der Waals surface area contributed by atoms with E-state index in [1.54, 1.807) is 24.3 Å². The minimum absolute atomic E-state index is 0.0190. The largest absolute Gasteiger partial charge is 0.461 e. The van der Waals surface area contributed by atoms with Gasteiger partial charge in [0.1, 0.15) is 5.60 Å². The fourth-order valence-corrected chi connectivity index (χ4v) is 3.58. The Morgan fingerprint density at radius 1 is 1.22 bits per heavy atom. The lowest BCUT2D eigenvalue weighted by Gasteiger charge is -2.29. The summed E-state index contributed by atoms with van der Waals surface area (Å²) in [4.78, 5) is 23.4. The fraction of sp³-hybridized carbons (Fsp3) is 0.444. The van der Waals surface area contributed by atoms with Crippen LogP contribution in [0.2, 0.25) is 0 Å². The maximum absolute atomic E-state index is 12.1. The molecular weight excluding hydrogens is 296 g/mol. The molecule has 2 spiro atoms. The van der Waals surface area contributed by atoms with Crippen molar-refractivity contribution >= 4 is 11.6 Å². The van der Waals surface area contributed by atoms with Crippen molar-refractivity contribution in [3.8, 4) is 0 Å². The molecule has 2 saturated heterocycles. The van der Waals surface area contributed by atoms with Gasteiger partial charge in [0.05, 0.1) is 12.4 Å². The van der Waals surface area contributed by atoms with E-state index in [-0.39, 0.29) is 17.7 Å². The van der Waals surface area contributed by atoms with E-state index in [0.29, 0.717) is 12.2 Å². The van der Waals surface area contributed by atoms with Crippen molar-refractivity contribution in [3.05, 3.63) is 48.5 Å². The van der Waals surface area contributed by atoms with E-state index in [2.05, 4.69) is 0 Å². The van der Waals surface area contributed by atoms with E-state index < -0.39 is 11.4 Å². The van der Waals surface area contributed by atoms with Gasteiger partial charge in [-0.25, -0.2) is 0 Å². The highest BCUT2D eigenvalue weighted by atomic mass is 16.7. The molecular formula is C18H18O5. The van der Waals surface area contributed by atoms with Crippen LogP contribution >= 0.6 is 0 Å². The second kappa shape index (κ2) is 5.28. The molecule has 5 nitrogen and oxygen atoms in total. The van der Waals surface area contributed by atoms with Crippen molar-refractivity contribution in [2.24, 2.45) is 0 Å². The molecule has 0 saturated carbocycles. The molecule has 0 aromatic carbocycles. The van der Waals surface area contributed by atoms with Crippen molar-refractivity contribution in [2.75, 3.05) is 0 Å². The molecule has 1 aliphatic carbocycles. The zero-order valence-electron chi connectivity index (χ0n) is 12.7. The molecule has 4 rings (SSSR count). The first-order valence-corrected chi connectivity index (χ1v) is 7.95. The second-order valence-electron chi connectivity index (χ2n) is 6.42. The zero-order valence-corrected chi connectivity index (χ0v) is 12.7. The number of Topliss-reactive ketones (excluding diaryl/α,β-unsaturated/α-hetero) is 1. The summed E-state index contributed by atoms with van der Waals surface area (Å²) in [7, 11) is 0. The molecule has 0 radical (unpaired) electrons. The summed E-state index contributed by atoms with van der Waals surface area (Å²) < 4.78 is 17.4. The third-order valence-corrected chi connectivity index (χ3v) is 4.77. The maximum Gasteiger partial charge on any atom is 0.200 e. The molecule has 1 aromatic rings. The summed E-state index contributed by atoms with van der Waals surface area (Å²) in [6.07, 6.45) is 11.5. The Morgan fingerprint density at radius 3 is 2.78 bits per heavy atom. The Labute approximate surface area is 133 Å². The Balaban J connectivity index is 1.41. The van der Waals surface area contributed by atoms with Gasteiger partial charge in [0.15, 0.2) is 17.3 Å². The number of allylic oxidation sites excluding steroid dienone is 2. The summed E-state index contributed by atoms with van der Waals surface area (Å²) in [5, 5.41) is 0. The Bertz CT molecular complexity index is 668. The lowest BCUT2D eigenvalue weighted by atomic mass is 9.94. The standard InChI is InChI=1S/C18H18O5/c19-13-3-6-17(7-4-13)9-10-18(23-17)8-5-14(22-18)12-15(20)16-2-1-11-21-16/h1-4,6-7,11,14H,5,8-10,12H2/t14-,18-/m0/s1. The molecule has 0 N–H and O–H groups in total. The molecule has 2 aliphatic heterocycles. The van der Waals surface area contributed by atoms with Gasteiger partial charge in [-0.15, -0.1) is 0 Å². The minimum Gasteiger partial charge on any atom is -0.461 e. The first kappa shape index (κ1) is 14.6. The third kappa shape index (κ3) is 2.71. The number of hydrogen-bond acceptors (Lipinski definition) is 5. The third-order valence-electron chi connectivity index (χ3n) is 4.77. The highest BCUT2D eigenvalue weighted by molar-refractivity contribution is 6.00. The molecule has 23 heavy (non-hydrogen) atoms. The molecule has 1 aromatic heterocycles. The van der Waals surface area contributed by atoms with Crippen LogP contribution in [-0.2, 0) is 14.3 Å². The highest BCUT2D eigenvalue weighted by Gasteiger charge is 2.52. The number of rotatable bonds is 3. The van der Waals surface area contributed by atoms with Gasteiger partial charge in [-0.05, 0) is 49.3 Å². The van der Waals surface area contributed by atoms with Gasteiger partial charge >= 0.3 is 0 Å².